The van der Waals surface area contributed by atoms with Crippen molar-refractivity contribution in [2.24, 2.45) is 10.9 Å². The molecule has 0 spiro atoms. The van der Waals surface area contributed by atoms with Gasteiger partial charge in [0.05, 0.1) is 23.2 Å². The minimum absolute atomic E-state index is 0.282. The average Bonchev–Trinajstić information content (AvgIpc) is 2.91. The number of fused-ring (bicyclic) bond motifs is 1. The number of rotatable bonds is 11. The molecule has 0 saturated carbocycles. The van der Waals surface area contributed by atoms with Crippen LogP contribution in [-0.4, -0.2) is 29.1 Å². The zero-order chi connectivity index (χ0) is 23.2. The van der Waals surface area contributed by atoms with Gasteiger partial charge in [-0.1, -0.05) is 53.4 Å². The quantitative estimate of drug-likeness (QED) is 0.247. The number of hydrogen-bond acceptors (Lipinski definition) is 1. The monoisotopic (exact) mass is 437 g/mol. The van der Waals surface area contributed by atoms with Gasteiger partial charge in [0.15, 0.2) is 0 Å². The van der Waals surface area contributed by atoms with Gasteiger partial charge in [-0.15, -0.1) is 0 Å². The molecule has 0 fully saturated rings. The van der Waals surface area contributed by atoms with Crippen LogP contribution in [0.3, 0.4) is 0 Å². The van der Waals surface area contributed by atoms with E-state index in [0.29, 0.717) is 5.92 Å². The molecule has 31 heavy (non-hydrogen) atoms. The maximum Gasteiger partial charge on any atom is 0.416 e. The molecule has 0 N–H and O–H groups in total. The molecule has 0 bridgehead atoms. The van der Waals surface area contributed by atoms with E-state index < -0.39 is 17.2 Å². The molecule has 1 aromatic carbocycles. The lowest BCUT2D eigenvalue weighted by molar-refractivity contribution is -0.438. The zero-order valence-corrected chi connectivity index (χ0v) is 20.1. The van der Waals surface area contributed by atoms with Crippen molar-refractivity contribution in [2.45, 2.75) is 104 Å². The molecule has 0 radical (unpaired) electrons. The van der Waals surface area contributed by atoms with E-state index in [-0.39, 0.29) is 6.04 Å². The Kier molecular flexibility index (Phi) is 8.91. The summed E-state index contributed by atoms with van der Waals surface area (Å²) in [7, 11) is 0. The smallest absolute Gasteiger partial charge is 0.283 e. The fraction of sp³-hybridized carbons (Fsp3) is 0.692. The second-order valence-corrected chi connectivity index (χ2v) is 9.79. The summed E-state index contributed by atoms with van der Waals surface area (Å²) in [5, 5.41) is 0. The lowest BCUT2D eigenvalue weighted by Crippen LogP contribution is -2.31. The lowest BCUT2D eigenvalue weighted by Gasteiger charge is -2.17. The first-order valence-corrected chi connectivity index (χ1v) is 11.9. The third kappa shape index (κ3) is 6.43. The number of benzene rings is 1. The van der Waals surface area contributed by atoms with E-state index in [4.69, 9.17) is 4.99 Å². The van der Waals surface area contributed by atoms with Gasteiger partial charge in [-0.2, -0.15) is 17.7 Å². The zero-order valence-electron chi connectivity index (χ0n) is 20.1. The van der Waals surface area contributed by atoms with Gasteiger partial charge in [0, 0.05) is 18.1 Å². The highest BCUT2D eigenvalue weighted by atomic mass is 19.4. The largest absolute Gasteiger partial charge is 0.416 e. The van der Waals surface area contributed by atoms with Crippen LogP contribution in [0.1, 0.15) is 97.6 Å². The third-order valence-corrected chi connectivity index (χ3v) is 6.34. The molecule has 0 saturated heterocycles. The number of aliphatic imine (C=N–C) groups is 1. The highest BCUT2D eigenvalue weighted by Gasteiger charge is 2.46. The van der Waals surface area contributed by atoms with E-state index in [0.717, 1.165) is 68.5 Å². The van der Waals surface area contributed by atoms with Crippen molar-refractivity contribution in [1.82, 2.24) is 0 Å². The molecule has 5 heteroatoms. The summed E-state index contributed by atoms with van der Waals surface area (Å²) in [4.78, 5) is 4.98. The van der Waals surface area contributed by atoms with Crippen molar-refractivity contribution in [2.75, 3.05) is 6.54 Å². The van der Waals surface area contributed by atoms with Crippen LogP contribution in [0.2, 0.25) is 0 Å². The van der Waals surface area contributed by atoms with Gasteiger partial charge in [0.25, 0.3) is 0 Å². The van der Waals surface area contributed by atoms with Crippen molar-refractivity contribution in [1.29, 1.82) is 0 Å². The SMILES string of the molecule is CCCCC(CCCC)/N=C/C1=[N+](CCC(C)C)c2ccc(C(F)(F)F)cc2C1(C)C. The summed E-state index contributed by atoms with van der Waals surface area (Å²) in [6, 6.07) is 4.48. The Bertz CT molecular complexity index is 780. The van der Waals surface area contributed by atoms with E-state index in [2.05, 4.69) is 32.3 Å². The summed E-state index contributed by atoms with van der Waals surface area (Å²) in [5.74, 6) is 0.515. The summed E-state index contributed by atoms with van der Waals surface area (Å²) in [6.45, 7) is 13.6. The van der Waals surface area contributed by atoms with Crippen LogP contribution in [0.15, 0.2) is 23.2 Å². The topological polar surface area (TPSA) is 15.4 Å². The van der Waals surface area contributed by atoms with Crippen LogP contribution in [0.4, 0.5) is 18.9 Å². The second kappa shape index (κ2) is 10.8. The highest BCUT2D eigenvalue weighted by molar-refractivity contribution is 6.33. The summed E-state index contributed by atoms with van der Waals surface area (Å²) in [6.07, 6.45) is 5.34. The molecule has 174 valence electrons. The average molecular weight is 438 g/mol. The standard InChI is InChI=1S/C26H40F3N2/c1-7-9-11-21(12-10-8-2)30-18-24-25(5,6)22-17-20(26(27,28)29)13-14-23(22)31(24)16-15-19(3)4/h13-14,17-19,21H,7-12,15-16H2,1-6H3/q+1/b30-18+. The molecule has 1 aliphatic heterocycles. The molecule has 0 aliphatic carbocycles. The summed E-state index contributed by atoms with van der Waals surface area (Å²) >= 11 is 0. The van der Waals surface area contributed by atoms with Crippen molar-refractivity contribution in [3.63, 3.8) is 0 Å². The molecular weight excluding hydrogens is 397 g/mol. The van der Waals surface area contributed by atoms with Crippen LogP contribution in [0.25, 0.3) is 0 Å². The van der Waals surface area contributed by atoms with Gasteiger partial charge >= 0.3 is 6.18 Å². The molecule has 1 aliphatic rings. The first-order valence-electron chi connectivity index (χ1n) is 11.9. The molecule has 0 amide bonds. The van der Waals surface area contributed by atoms with Crippen LogP contribution in [0.5, 0.6) is 0 Å². The Hall–Kier alpha value is -1.65. The number of unbranched alkanes of at least 4 members (excludes halogenated alkanes) is 2. The van der Waals surface area contributed by atoms with E-state index in [1.54, 1.807) is 6.07 Å². The fourth-order valence-electron chi connectivity index (χ4n) is 4.26. The number of alkyl halides is 3. The number of nitrogens with zero attached hydrogens (tertiary/aromatic N) is 2. The molecule has 2 nitrogen and oxygen atoms in total. The maximum absolute atomic E-state index is 13.4. The first-order chi connectivity index (χ1) is 14.5. The van der Waals surface area contributed by atoms with Gasteiger partial charge in [-0.25, -0.2) is 0 Å². The summed E-state index contributed by atoms with van der Waals surface area (Å²) in [5.41, 5.74) is 1.55. The predicted octanol–water partition coefficient (Wildman–Crippen LogP) is 7.95. The molecule has 1 aromatic rings. The van der Waals surface area contributed by atoms with Crippen LogP contribution in [0, 0.1) is 5.92 Å². The van der Waals surface area contributed by atoms with E-state index in [9.17, 15) is 13.2 Å². The van der Waals surface area contributed by atoms with Gasteiger partial charge < -0.3 is 0 Å². The normalized spacial score (nSPS) is 16.2. The third-order valence-electron chi connectivity index (χ3n) is 6.34. The molecule has 0 atom stereocenters. The maximum atomic E-state index is 13.4. The predicted molar refractivity (Wildman–Crippen MR) is 125 cm³/mol. The molecule has 1 heterocycles. The lowest BCUT2D eigenvalue weighted by atomic mass is 9.81. The number of halogens is 3. The highest BCUT2D eigenvalue weighted by Crippen LogP contribution is 2.42. The summed E-state index contributed by atoms with van der Waals surface area (Å²) < 4.78 is 42.4. The van der Waals surface area contributed by atoms with E-state index in [1.807, 2.05) is 20.1 Å². The minimum Gasteiger partial charge on any atom is -0.283 e. The van der Waals surface area contributed by atoms with E-state index in [1.165, 1.54) is 12.1 Å². The van der Waals surface area contributed by atoms with Crippen molar-refractivity contribution in [3.05, 3.63) is 29.3 Å². The number of hydrogen-bond donors (Lipinski definition) is 0. The van der Waals surface area contributed by atoms with E-state index >= 15 is 0 Å². The Labute approximate surface area is 186 Å². The van der Waals surface area contributed by atoms with Gasteiger partial charge in [0.1, 0.15) is 6.54 Å². The first kappa shape index (κ1) is 25.6. The van der Waals surface area contributed by atoms with Crippen molar-refractivity contribution in [3.8, 4) is 0 Å². The van der Waals surface area contributed by atoms with Crippen LogP contribution in [-0.2, 0) is 11.6 Å². The fourth-order valence-corrected chi connectivity index (χ4v) is 4.26. The molecular formula is C26H40F3N2+. The van der Waals surface area contributed by atoms with Crippen molar-refractivity contribution < 1.29 is 17.7 Å². The molecule has 2 rings (SSSR count). The van der Waals surface area contributed by atoms with Crippen LogP contribution >= 0.6 is 0 Å². The molecule has 0 unspecified atom stereocenters. The Morgan fingerprint density at radius 1 is 1.03 bits per heavy atom. The Morgan fingerprint density at radius 2 is 1.65 bits per heavy atom. The van der Waals surface area contributed by atoms with Gasteiger partial charge in [-0.05, 0) is 44.7 Å². The van der Waals surface area contributed by atoms with Crippen LogP contribution < -0.4 is 0 Å². The Balaban J connectivity index is 2.47. The minimum atomic E-state index is -4.34. The second-order valence-electron chi connectivity index (χ2n) is 9.79. The van der Waals surface area contributed by atoms with Crippen molar-refractivity contribution >= 4 is 17.6 Å². The Morgan fingerprint density at radius 3 is 2.16 bits per heavy atom. The molecule has 0 aromatic heterocycles. The van der Waals surface area contributed by atoms with Gasteiger partial charge in [0.2, 0.25) is 11.4 Å². The van der Waals surface area contributed by atoms with Gasteiger partial charge in [-0.3, -0.25) is 4.99 Å².